The van der Waals surface area contributed by atoms with Crippen molar-refractivity contribution < 1.29 is 14.3 Å². The fourth-order valence-corrected chi connectivity index (χ4v) is 5.76. The molecule has 4 rings (SSSR count). The SMILES string of the molecule is CCN(C(=O)OC)C12CC3CC(CC(NCC=O)(C3)C1)C2. The van der Waals surface area contributed by atoms with Crippen LogP contribution < -0.4 is 5.32 Å². The van der Waals surface area contributed by atoms with Crippen molar-refractivity contribution in [2.24, 2.45) is 11.8 Å². The molecule has 0 spiro atoms. The lowest BCUT2D eigenvalue weighted by Crippen LogP contribution is -2.70. The van der Waals surface area contributed by atoms with Crippen molar-refractivity contribution in [3.8, 4) is 0 Å². The van der Waals surface area contributed by atoms with E-state index in [0.717, 1.165) is 38.4 Å². The van der Waals surface area contributed by atoms with Crippen LogP contribution in [0.25, 0.3) is 0 Å². The molecule has 21 heavy (non-hydrogen) atoms. The van der Waals surface area contributed by atoms with Gasteiger partial charge in [0.1, 0.15) is 6.29 Å². The molecule has 0 radical (unpaired) electrons. The number of nitrogens with zero attached hydrogens (tertiary/aromatic N) is 1. The lowest BCUT2D eigenvalue weighted by molar-refractivity contribution is -0.112. The van der Waals surface area contributed by atoms with Gasteiger partial charge in [0, 0.05) is 17.6 Å². The summed E-state index contributed by atoms with van der Waals surface area (Å²) in [6, 6.07) is 0. The maximum Gasteiger partial charge on any atom is 0.409 e. The Morgan fingerprint density at radius 2 is 2.00 bits per heavy atom. The summed E-state index contributed by atoms with van der Waals surface area (Å²) in [5.41, 5.74) is -0.0196. The van der Waals surface area contributed by atoms with Gasteiger partial charge in [-0.15, -0.1) is 0 Å². The predicted octanol–water partition coefficient (Wildman–Crippen LogP) is 1.95. The fraction of sp³-hybridized carbons (Fsp3) is 0.875. The van der Waals surface area contributed by atoms with E-state index in [9.17, 15) is 9.59 Å². The minimum Gasteiger partial charge on any atom is -0.453 e. The third kappa shape index (κ3) is 2.35. The largest absolute Gasteiger partial charge is 0.453 e. The molecule has 0 aromatic rings. The smallest absolute Gasteiger partial charge is 0.409 e. The molecule has 2 unspecified atom stereocenters. The molecule has 1 amide bonds. The number of hydrogen-bond acceptors (Lipinski definition) is 4. The van der Waals surface area contributed by atoms with E-state index in [0.29, 0.717) is 24.9 Å². The van der Waals surface area contributed by atoms with E-state index in [1.54, 1.807) is 0 Å². The van der Waals surface area contributed by atoms with Crippen molar-refractivity contribution in [1.29, 1.82) is 0 Å². The Morgan fingerprint density at radius 3 is 2.52 bits per heavy atom. The van der Waals surface area contributed by atoms with Gasteiger partial charge in [-0.2, -0.15) is 0 Å². The molecule has 0 saturated heterocycles. The van der Waals surface area contributed by atoms with Crippen LogP contribution in [0.1, 0.15) is 45.4 Å². The van der Waals surface area contributed by atoms with Gasteiger partial charge in [0.05, 0.1) is 13.7 Å². The maximum atomic E-state index is 12.2. The number of aldehydes is 1. The number of hydrogen-bond donors (Lipinski definition) is 1. The highest BCUT2D eigenvalue weighted by molar-refractivity contribution is 5.68. The number of carbonyl (C=O) groups is 2. The van der Waals surface area contributed by atoms with Crippen LogP contribution in [0, 0.1) is 11.8 Å². The first kappa shape index (κ1) is 14.8. The van der Waals surface area contributed by atoms with E-state index >= 15 is 0 Å². The monoisotopic (exact) mass is 294 g/mol. The highest BCUT2D eigenvalue weighted by Gasteiger charge is 2.60. The van der Waals surface area contributed by atoms with E-state index in [1.807, 2.05) is 11.8 Å². The quantitative estimate of drug-likeness (QED) is 0.787. The molecular formula is C16H26N2O3. The highest BCUT2D eigenvalue weighted by atomic mass is 16.5. The average molecular weight is 294 g/mol. The molecule has 5 heteroatoms. The first-order chi connectivity index (χ1) is 10.1. The summed E-state index contributed by atoms with van der Waals surface area (Å²) >= 11 is 0. The van der Waals surface area contributed by atoms with Crippen LogP contribution in [-0.2, 0) is 9.53 Å². The van der Waals surface area contributed by atoms with Gasteiger partial charge in [-0.25, -0.2) is 4.79 Å². The first-order valence-electron chi connectivity index (χ1n) is 8.11. The normalized spacial score (nSPS) is 40.1. The minimum absolute atomic E-state index is 0.0481. The fourth-order valence-electron chi connectivity index (χ4n) is 5.76. The number of nitrogens with one attached hydrogen (secondary N) is 1. The zero-order valence-corrected chi connectivity index (χ0v) is 13.1. The molecule has 4 fully saturated rings. The van der Waals surface area contributed by atoms with E-state index in [2.05, 4.69) is 5.32 Å². The molecule has 5 nitrogen and oxygen atoms in total. The maximum absolute atomic E-state index is 12.2. The molecular weight excluding hydrogens is 268 g/mol. The minimum atomic E-state index is -0.204. The summed E-state index contributed by atoms with van der Waals surface area (Å²) in [7, 11) is 1.46. The summed E-state index contributed by atoms with van der Waals surface area (Å²) in [5, 5.41) is 3.49. The van der Waals surface area contributed by atoms with Gasteiger partial charge in [-0.1, -0.05) is 0 Å². The van der Waals surface area contributed by atoms with Gasteiger partial charge in [-0.05, 0) is 57.3 Å². The molecule has 0 aliphatic heterocycles. The average Bonchev–Trinajstić information content (AvgIpc) is 2.44. The molecule has 4 aliphatic rings. The number of methoxy groups -OCH3 is 1. The van der Waals surface area contributed by atoms with Gasteiger partial charge in [0.15, 0.2) is 0 Å². The summed E-state index contributed by atoms with van der Waals surface area (Å²) in [4.78, 5) is 24.9. The van der Waals surface area contributed by atoms with E-state index in [-0.39, 0.29) is 17.2 Å². The number of rotatable bonds is 5. The molecule has 4 bridgehead atoms. The zero-order chi connectivity index (χ0) is 15.1. The third-order valence-electron chi connectivity index (χ3n) is 5.87. The van der Waals surface area contributed by atoms with E-state index in [1.165, 1.54) is 13.5 Å². The van der Waals surface area contributed by atoms with Gasteiger partial charge in [0.25, 0.3) is 0 Å². The predicted molar refractivity (Wildman–Crippen MR) is 79.0 cm³/mol. The highest BCUT2D eigenvalue weighted by Crippen LogP contribution is 2.59. The van der Waals surface area contributed by atoms with Gasteiger partial charge in [0.2, 0.25) is 0 Å². The van der Waals surface area contributed by atoms with Gasteiger partial charge < -0.3 is 19.7 Å². The lowest BCUT2D eigenvalue weighted by atomic mass is 9.49. The lowest BCUT2D eigenvalue weighted by Gasteiger charge is -2.64. The Hall–Kier alpha value is -1.10. The molecule has 0 aromatic heterocycles. The Kier molecular flexibility index (Phi) is 3.72. The zero-order valence-electron chi connectivity index (χ0n) is 13.1. The first-order valence-corrected chi connectivity index (χ1v) is 8.11. The van der Waals surface area contributed by atoms with Crippen LogP contribution in [0.15, 0.2) is 0 Å². The number of carbonyl (C=O) groups excluding carboxylic acids is 2. The summed E-state index contributed by atoms with van der Waals surface area (Å²) in [6.07, 6.45) is 7.48. The summed E-state index contributed by atoms with van der Waals surface area (Å²) in [6.45, 7) is 3.14. The number of amides is 1. The van der Waals surface area contributed by atoms with E-state index < -0.39 is 0 Å². The van der Waals surface area contributed by atoms with Crippen LogP contribution in [0.5, 0.6) is 0 Å². The van der Waals surface area contributed by atoms with Crippen LogP contribution >= 0.6 is 0 Å². The Labute approximate surface area is 126 Å². The van der Waals surface area contributed by atoms with Crippen LogP contribution in [0.2, 0.25) is 0 Å². The van der Waals surface area contributed by atoms with Gasteiger partial charge >= 0.3 is 6.09 Å². The van der Waals surface area contributed by atoms with Crippen molar-refractivity contribution in [3.63, 3.8) is 0 Å². The third-order valence-corrected chi connectivity index (χ3v) is 5.87. The van der Waals surface area contributed by atoms with Crippen LogP contribution in [0.4, 0.5) is 4.79 Å². The second kappa shape index (κ2) is 5.27. The van der Waals surface area contributed by atoms with Crippen molar-refractivity contribution in [3.05, 3.63) is 0 Å². The molecule has 118 valence electrons. The van der Waals surface area contributed by atoms with Crippen molar-refractivity contribution in [2.75, 3.05) is 20.2 Å². The molecule has 0 heterocycles. The topological polar surface area (TPSA) is 58.6 Å². The summed E-state index contributed by atoms with van der Waals surface area (Å²) < 4.78 is 5.02. The van der Waals surface area contributed by atoms with Crippen LogP contribution in [-0.4, -0.2) is 48.6 Å². The molecule has 4 saturated carbocycles. The van der Waals surface area contributed by atoms with Crippen molar-refractivity contribution in [1.82, 2.24) is 10.2 Å². The van der Waals surface area contributed by atoms with Crippen LogP contribution in [0.3, 0.4) is 0 Å². The van der Waals surface area contributed by atoms with Crippen molar-refractivity contribution >= 4 is 12.4 Å². The number of ether oxygens (including phenoxy) is 1. The standard InChI is InChI=1S/C16H26N2O3/c1-3-18(14(20)21-2)16-9-12-6-13(10-16)8-15(7-12,11-16)17-4-5-19/h5,12-13,17H,3-4,6-11H2,1-2H3. The van der Waals surface area contributed by atoms with Gasteiger partial charge in [-0.3, -0.25) is 0 Å². The summed E-state index contributed by atoms with van der Waals surface area (Å²) in [5.74, 6) is 1.34. The second-order valence-corrected chi connectivity index (χ2v) is 7.23. The Bertz CT molecular complexity index is 423. The van der Waals surface area contributed by atoms with E-state index in [4.69, 9.17) is 4.74 Å². The second-order valence-electron chi connectivity index (χ2n) is 7.23. The van der Waals surface area contributed by atoms with Crippen molar-refractivity contribution in [2.45, 2.75) is 56.5 Å². The Morgan fingerprint density at radius 1 is 1.33 bits per heavy atom. The molecule has 1 N–H and O–H groups in total. The Balaban J connectivity index is 1.89. The molecule has 4 aliphatic carbocycles. The molecule has 0 aromatic carbocycles. The molecule has 2 atom stereocenters.